The van der Waals surface area contributed by atoms with Crippen molar-refractivity contribution in [1.82, 2.24) is 5.43 Å². The number of halogens is 1. The van der Waals surface area contributed by atoms with Gasteiger partial charge < -0.3 is 5.43 Å². The Labute approximate surface area is 157 Å². The maximum Gasteiger partial charge on any atom is 0.139 e. The van der Waals surface area contributed by atoms with E-state index in [4.69, 9.17) is 22.4 Å². The summed E-state index contributed by atoms with van der Waals surface area (Å²) in [5, 5.41) is 1.65. The fourth-order valence-corrected chi connectivity index (χ4v) is 4.21. The molecule has 0 bridgehead atoms. The van der Waals surface area contributed by atoms with Crippen molar-refractivity contribution < 1.29 is 0 Å². The molecule has 2 heterocycles. The predicted molar refractivity (Wildman–Crippen MR) is 109 cm³/mol. The minimum absolute atomic E-state index is 0.421. The summed E-state index contributed by atoms with van der Waals surface area (Å²) in [5.41, 5.74) is 5.54. The van der Waals surface area contributed by atoms with E-state index in [0.717, 1.165) is 28.3 Å². The smallest absolute Gasteiger partial charge is 0.139 e. The summed E-state index contributed by atoms with van der Waals surface area (Å²) in [6, 6.07) is 10.0. The van der Waals surface area contributed by atoms with Gasteiger partial charge in [-0.3, -0.25) is 4.99 Å². The minimum Gasteiger partial charge on any atom is -0.310 e. The highest BCUT2D eigenvalue weighted by Crippen LogP contribution is 2.36. The molecule has 1 aliphatic rings. The number of thiophene rings is 1. The van der Waals surface area contributed by atoms with Gasteiger partial charge in [-0.05, 0) is 25.0 Å². The number of aliphatic imine (C=N–C) groups is 2. The quantitative estimate of drug-likeness (QED) is 0.430. The van der Waals surface area contributed by atoms with Crippen molar-refractivity contribution in [2.75, 3.05) is 6.54 Å². The summed E-state index contributed by atoms with van der Waals surface area (Å²) in [6.45, 7) is 2.65. The van der Waals surface area contributed by atoms with Gasteiger partial charge in [0.15, 0.2) is 0 Å². The Hall–Kier alpha value is -1.69. The fourth-order valence-electron chi connectivity index (χ4n) is 2.89. The second kappa shape index (κ2) is 8.61. The maximum absolute atomic E-state index is 6.42. The van der Waals surface area contributed by atoms with Crippen LogP contribution in [0.2, 0.25) is 5.02 Å². The van der Waals surface area contributed by atoms with E-state index in [1.165, 1.54) is 30.6 Å². The number of amidine groups is 1. The van der Waals surface area contributed by atoms with Crippen molar-refractivity contribution in [1.29, 1.82) is 0 Å². The van der Waals surface area contributed by atoms with E-state index in [-0.39, 0.29) is 0 Å². The van der Waals surface area contributed by atoms with Gasteiger partial charge in [0.2, 0.25) is 0 Å². The first-order chi connectivity index (χ1) is 12.2. The van der Waals surface area contributed by atoms with Crippen LogP contribution in [0, 0.1) is 0 Å². The first-order valence-electron chi connectivity index (χ1n) is 8.69. The molecule has 0 unspecified atom stereocenters. The molecule has 1 aromatic carbocycles. The molecule has 0 fully saturated rings. The summed E-state index contributed by atoms with van der Waals surface area (Å²) in [6.07, 6.45) is 6.09. The van der Waals surface area contributed by atoms with Crippen LogP contribution < -0.4 is 11.3 Å². The first kappa shape index (κ1) is 18.1. The van der Waals surface area contributed by atoms with Crippen LogP contribution in [0.5, 0.6) is 0 Å². The van der Waals surface area contributed by atoms with E-state index in [1.54, 1.807) is 11.3 Å². The number of unbranched alkanes of at least 4 members (excludes halogenated alkanes) is 3. The molecule has 3 N–H and O–H groups in total. The van der Waals surface area contributed by atoms with Gasteiger partial charge in [-0.15, -0.1) is 11.3 Å². The standard InChI is InChI=1S/C19H23ClN4S/c1-2-3-4-5-8-13-11-15-18(14-9-6-7-10-16(14)20)22-12-17(24-21)23-19(15)25-13/h6-7,9-11H,2-5,8,12,21H2,1H3,(H,23,24). The van der Waals surface area contributed by atoms with Gasteiger partial charge in [-0.1, -0.05) is 56.0 Å². The van der Waals surface area contributed by atoms with Gasteiger partial charge in [-0.2, -0.15) is 0 Å². The number of hydrogen-bond donors (Lipinski definition) is 2. The van der Waals surface area contributed by atoms with Crippen LogP contribution in [-0.4, -0.2) is 18.1 Å². The molecule has 0 radical (unpaired) electrons. The van der Waals surface area contributed by atoms with Gasteiger partial charge in [0.05, 0.1) is 12.3 Å². The zero-order valence-electron chi connectivity index (χ0n) is 14.4. The predicted octanol–water partition coefficient (Wildman–Crippen LogP) is 4.87. The topological polar surface area (TPSA) is 62.8 Å². The van der Waals surface area contributed by atoms with E-state index in [2.05, 4.69) is 23.4 Å². The summed E-state index contributed by atoms with van der Waals surface area (Å²) in [5.74, 6) is 6.26. The van der Waals surface area contributed by atoms with Crippen LogP contribution in [0.3, 0.4) is 0 Å². The Kier molecular flexibility index (Phi) is 6.24. The average molecular weight is 375 g/mol. The van der Waals surface area contributed by atoms with E-state index >= 15 is 0 Å². The number of rotatable bonds is 6. The second-order valence-corrected chi connectivity index (χ2v) is 7.61. The van der Waals surface area contributed by atoms with Gasteiger partial charge >= 0.3 is 0 Å². The number of benzene rings is 1. The van der Waals surface area contributed by atoms with Crippen molar-refractivity contribution in [3.63, 3.8) is 0 Å². The number of hydrazine groups is 1. The van der Waals surface area contributed by atoms with E-state index in [0.29, 0.717) is 17.4 Å². The van der Waals surface area contributed by atoms with E-state index in [9.17, 15) is 0 Å². The molecule has 0 saturated carbocycles. The molecule has 0 saturated heterocycles. The van der Waals surface area contributed by atoms with Crippen LogP contribution >= 0.6 is 22.9 Å². The molecule has 4 nitrogen and oxygen atoms in total. The van der Waals surface area contributed by atoms with Crippen molar-refractivity contribution in [3.8, 4) is 0 Å². The van der Waals surface area contributed by atoms with E-state index < -0.39 is 0 Å². The lowest BCUT2D eigenvalue weighted by Gasteiger charge is -2.07. The van der Waals surface area contributed by atoms with Gasteiger partial charge in [0, 0.05) is 21.0 Å². The van der Waals surface area contributed by atoms with Crippen molar-refractivity contribution in [3.05, 3.63) is 51.4 Å². The molecule has 0 amide bonds. The molecule has 6 heteroatoms. The Morgan fingerprint density at radius 3 is 2.80 bits per heavy atom. The lowest BCUT2D eigenvalue weighted by molar-refractivity contribution is 0.670. The molecular formula is C19H23ClN4S. The lowest BCUT2D eigenvalue weighted by atomic mass is 10.0. The summed E-state index contributed by atoms with van der Waals surface area (Å²) >= 11 is 8.14. The average Bonchev–Trinajstić information content (AvgIpc) is 2.93. The molecule has 0 aliphatic carbocycles. The highest BCUT2D eigenvalue weighted by Gasteiger charge is 2.20. The number of nitrogens with two attached hydrogens (primary N) is 1. The van der Waals surface area contributed by atoms with Gasteiger partial charge in [-0.25, -0.2) is 10.8 Å². The molecule has 2 aromatic rings. The zero-order valence-corrected chi connectivity index (χ0v) is 16.0. The number of fused-ring (bicyclic) bond motifs is 1. The molecule has 1 aliphatic heterocycles. The Balaban J connectivity index is 1.94. The van der Waals surface area contributed by atoms with Crippen LogP contribution in [0.1, 0.15) is 48.6 Å². The Bertz CT molecular complexity index is 794. The second-order valence-electron chi connectivity index (χ2n) is 6.09. The largest absolute Gasteiger partial charge is 0.310 e. The van der Waals surface area contributed by atoms with Gasteiger partial charge in [0.1, 0.15) is 10.8 Å². The number of hydrogen-bond acceptors (Lipinski definition) is 5. The maximum atomic E-state index is 6.42. The van der Waals surface area contributed by atoms with Crippen molar-refractivity contribution >= 4 is 39.5 Å². The molecule has 3 rings (SSSR count). The molecule has 1 aromatic heterocycles. The molecule has 25 heavy (non-hydrogen) atoms. The Morgan fingerprint density at radius 2 is 2.04 bits per heavy atom. The lowest BCUT2D eigenvalue weighted by Crippen LogP contribution is -2.32. The third kappa shape index (κ3) is 4.29. The molecule has 0 atom stereocenters. The SMILES string of the molecule is CCCCCCc1cc2c(s1)N=C(NN)CN=C2c1ccccc1Cl. The van der Waals surface area contributed by atoms with Crippen LogP contribution in [-0.2, 0) is 6.42 Å². The number of nitrogens with one attached hydrogen (secondary N) is 1. The highest BCUT2D eigenvalue weighted by atomic mass is 35.5. The summed E-state index contributed by atoms with van der Waals surface area (Å²) in [7, 11) is 0. The molecule has 0 spiro atoms. The summed E-state index contributed by atoms with van der Waals surface area (Å²) in [4.78, 5) is 10.7. The monoisotopic (exact) mass is 374 g/mol. The zero-order chi connectivity index (χ0) is 17.6. The highest BCUT2D eigenvalue weighted by molar-refractivity contribution is 7.16. The third-order valence-electron chi connectivity index (χ3n) is 4.21. The van der Waals surface area contributed by atoms with Crippen LogP contribution in [0.4, 0.5) is 5.00 Å². The number of nitrogens with zero attached hydrogens (tertiary/aromatic N) is 2. The third-order valence-corrected chi connectivity index (χ3v) is 5.63. The van der Waals surface area contributed by atoms with Crippen LogP contribution in [0.15, 0.2) is 40.3 Å². The van der Waals surface area contributed by atoms with Crippen LogP contribution in [0.25, 0.3) is 0 Å². The van der Waals surface area contributed by atoms with Gasteiger partial charge in [0.25, 0.3) is 0 Å². The van der Waals surface area contributed by atoms with E-state index in [1.807, 2.05) is 24.3 Å². The van der Waals surface area contributed by atoms with Crippen molar-refractivity contribution in [2.24, 2.45) is 15.8 Å². The Morgan fingerprint density at radius 1 is 1.20 bits per heavy atom. The minimum atomic E-state index is 0.421. The normalized spacial score (nSPS) is 13.7. The molecular weight excluding hydrogens is 352 g/mol. The fraction of sp³-hybridized carbons (Fsp3) is 0.368. The molecule has 132 valence electrons. The first-order valence-corrected chi connectivity index (χ1v) is 9.89. The summed E-state index contributed by atoms with van der Waals surface area (Å²) < 4.78 is 0. The number of aryl methyl sites for hydroxylation is 1. The van der Waals surface area contributed by atoms with Crippen molar-refractivity contribution in [2.45, 2.75) is 39.0 Å².